The maximum Gasteiger partial charge on any atom is 0.265 e. The first-order valence-electron chi connectivity index (χ1n) is 7.21. The number of nitrogens with zero attached hydrogens (tertiary/aromatic N) is 1. The molecular weight excluding hydrogens is 362 g/mol. The number of aryl methyl sites for hydroxylation is 2. The van der Waals surface area contributed by atoms with E-state index in [0.717, 1.165) is 28.8 Å². The lowest BCUT2D eigenvalue weighted by Gasteiger charge is -2.25. The molecular formula is C17H18BrNO2S. The van der Waals surface area contributed by atoms with Crippen LogP contribution in [-0.2, 0) is 16.4 Å². The van der Waals surface area contributed by atoms with Gasteiger partial charge in [0, 0.05) is 10.5 Å². The van der Waals surface area contributed by atoms with E-state index in [9.17, 15) is 8.42 Å². The second-order valence-electron chi connectivity index (χ2n) is 5.85. The number of hydrogen-bond donors (Lipinski definition) is 0. The molecule has 0 saturated heterocycles. The molecule has 0 bridgehead atoms. The van der Waals surface area contributed by atoms with Crippen molar-refractivity contribution in [3.8, 4) is 0 Å². The summed E-state index contributed by atoms with van der Waals surface area (Å²) in [5, 5.41) is 0. The fourth-order valence-corrected chi connectivity index (χ4v) is 5.86. The van der Waals surface area contributed by atoms with Crippen molar-refractivity contribution in [1.82, 2.24) is 0 Å². The minimum atomic E-state index is -3.58. The number of halogens is 1. The molecule has 22 heavy (non-hydrogen) atoms. The lowest BCUT2D eigenvalue weighted by molar-refractivity contribution is 0.583. The molecule has 3 nitrogen and oxygen atoms in total. The van der Waals surface area contributed by atoms with Gasteiger partial charge in [0.2, 0.25) is 0 Å². The summed E-state index contributed by atoms with van der Waals surface area (Å²) in [7, 11) is -3.58. The van der Waals surface area contributed by atoms with Crippen LogP contribution in [0.25, 0.3) is 0 Å². The van der Waals surface area contributed by atoms with Gasteiger partial charge >= 0.3 is 0 Å². The Bertz CT molecular complexity index is 846. The predicted octanol–water partition coefficient (Wildman–Crippen LogP) is 4.21. The molecule has 0 fully saturated rings. The van der Waals surface area contributed by atoms with Gasteiger partial charge in [-0.2, -0.15) is 0 Å². The molecule has 0 unspecified atom stereocenters. The van der Waals surface area contributed by atoms with E-state index < -0.39 is 10.0 Å². The smallest absolute Gasteiger partial charge is 0.263 e. The average Bonchev–Trinajstić information content (AvgIpc) is 2.79. The molecule has 1 heterocycles. The van der Waals surface area contributed by atoms with E-state index in [1.54, 1.807) is 10.4 Å². The average molecular weight is 380 g/mol. The van der Waals surface area contributed by atoms with Gasteiger partial charge in [-0.3, -0.25) is 4.31 Å². The number of rotatable bonds is 2. The quantitative estimate of drug-likeness (QED) is 0.783. The van der Waals surface area contributed by atoms with Crippen molar-refractivity contribution in [2.24, 2.45) is 0 Å². The highest BCUT2D eigenvalue weighted by Gasteiger charge is 2.36. The molecule has 1 aliphatic rings. The molecule has 0 saturated carbocycles. The number of anilines is 1. The molecule has 1 atom stereocenters. The van der Waals surface area contributed by atoms with Crippen molar-refractivity contribution in [3.63, 3.8) is 0 Å². The van der Waals surface area contributed by atoms with Crippen molar-refractivity contribution >= 4 is 31.6 Å². The molecule has 0 amide bonds. The largest absolute Gasteiger partial charge is 0.265 e. The molecule has 116 valence electrons. The highest BCUT2D eigenvalue weighted by molar-refractivity contribution is 9.10. The fourth-order valence-electron chi connectivity index (χ4n) is 2.96. The normalized spacial score (nSPS) is 17.6. The summed E-state index contributed by atoms with van der Waals surface area (Å²) < 4.78 is 28.5. The van der Waals surface area contributed by atoms with Crippen LogP contribution in [0, 0.1) is 13.8 Å². The minimum Gasteiger partial charge on any atom is -0.263 e. The molecule has 0 aromatic heterocycles. The second kappa shape index (κ2) is 5.39. The first-order chi connectivity index (χ1) is 10.3. The van der Waals surface area contributed by atoms with Crippen LogP contribution >= 0.6 is 15.9 Å². The third-order valence-corrected chi connectivity index (χ3v) is 7.12. The van der Waals surface area contributed by atoms with Crippen LogP contribution in [0.1, 0.15) is 23.6 Å². The molecule has 0 aliphatic carbocycles. The van der Waals surface area contributed by atoms with E-state index in [1.807, 2.05) is 51.1 Å². The fraction of sp³-hybridized carbons (Fsp3) is 0.294. The summed E-state index contributed by atoms with van der Waals surface area (Å²) in [5.41, 5.74) is 3.92. The van der Waals surface area contributed by atoms with Gasteiger partial charge in [0.05, 0.1) is 5.69 Å². The van der Waals surface area contributed by atoms with Crippen LogP contribution in [0.3, 0.4) is 0 Å². The van der Waals surface area contributed by atoms with Crippen LogP contribution in [0.5, 0.6) is 0 Å². The van der Waals surface area contributed by atoms with E-state index >= 15 is 0 Å². The Hall–Kier alpha value is -1.33. The van der Waals surface area contributed by atoms with Crippen molar-refractivity contribution in [2.45, 2.75) is 38.1 Å². The van der Waals surface area contributed by atoms with E-state index in [2.05, 4.69) is 15.9 Å². The van der Waals surface area contributed by atoms with Crippen molar-refractivity contribution in [1.29, 1.82) is 0 Å². The molecule has 2 aromatic carbocycles. The minimum absolute atomic E-state index is 0.0732. The number of hydrogen-bond acceptors (Lipinski definition) is 2. The SMILES string of the molecule is Cc1cc(Br)c(S(=O)(=O)N2c3ccccc3C[C@@H]2C)cc1C. The molecule has 1 aliphatic heterocycles. The number of para-hydroxylation sites is 1. The third kappa shape index (κ3) is 2.36. The summed E-state index contributed by atoms with van der Waals surface area (Å²) in [6.07, 6.45) is 0.748. The van der Waals surface area contributed by atoms with Gasteiger partial charge in [-0.25, -0.2) is 8.42 Å². The van der Waals surface area contributed by atoms with Crippen molar-refractivity contribution in [2.75, 3.05) is 4.31 Å². The van der Waals surface area contributed by atoms with E-state index in [1.165, 1.54) is 0 Å². The van der Waals surface area contributed by atoms with Gasteiger partial charge in [-0.05, 0) is 78.0 Å². The molecule has 5 heteroatoms. The monoisotopic (exact) mass is 379 g/mol. The first kappa shape index (κ1) is 15.6. The Morgan fingerprint density at radius 3 is 2.50 bits per heavy atom. The Labute approximate surface area is 140 Å². The molecule has 0 spiro atoms. The van der Waals surface area contributed by atoms with Gasteiger partial charge in [0.15, 0.2) is 0 Å². The van der Waals surface area contributed by atoms with Crippen LogP contribution in [-0.4, -0.2) is 14.5 Å². The topological polar surface area (TPSA) is 37.4 Å². The van der Waals surface area contributed by atoms with Gasteiger partial charge in [-0.15, -0.1) is 0 Å². The van der Waals surface area contributed by atoms with Gasteiger partial charge < -0.3 is 0 Å². The van der Waals surface area contributed by atoms with Crippen LogP contribution in [0.15, 0.2) is 45.8 Å². The Kier molecular flexibility index (Phi) is 3.81. The van der Waals surface area contributed by atoms with Crippen LogP contribution in [0.4, 0.5) is 5.69 Å². The third-order valence-electron chi connectivity index (χ3n) is 4.23. The Morgan fingerprint density at radius 2 is 1.77 bits per heavy atom. The lowest BCUT2D eigenvalue weighted by Crippen LogP contribution is -2.36. The van der Waals surface area contributed by atoms with Crippen LogP contribution < -0.4 is 4.31 Å². The zero-order chi connectivity index (χ0) is 16.1. The molecule has 2 aromatic rings. The molecule has 0 radical (unpaired) electrons. The zero-order valence-electron chi connectivity index (χ0n) is 12.8. The number of benzene rings is 2. The maximum atomic E-state index is 13.2. The first-order valence-corrected chi connectivity index (χ1v) is 9.45. The highest BCUT2D eigenvalue weighted by Crippen LogP contribution is 2.38. The summed E-state index contributed by atoms with van der Waals surface area (Å²) >= 11 is 3.42. The van der Waals surface area contributed by atoms with Gasteiger partial charge in [0.25, 0.3) is 10.0 Å². The van der Waals surface area contributed by atoms with E-state index in [4.69, 9.17) is 0 Å². The molecule has 3 rings (SSSR count). The van der Waals surface area contributed by atoms with E-state index in [-0.39, 0.29) is 6.04 Å². The Morgan fingerprint density at radius 1 is 1.14 bits per heavy atom. The van der Waals surface area contributed by atoms with Crippen molar-refractivity contribution in [3.05, 3.63) is 57.6 Å². The Balaban J connectivity index is 2.17. The van der Waals surface area contributed by atoms with Crippen molar-refractivity contribution < 1.29 is 8.42 Å². The standard InChI is InChI=1S/C17H18BrNO2S/c1-11-8-15(18)17(9-12(11)2)22(20,21)19-13(3)10-14-6-4-5-7-16(14)19/h4-9,13H,10H2,1-3H3/t13-/m0/s1. The highest BCUT2D eigenvalue weighted by atomic mass is 79.9. The zero-order valence-corrected chi connectivity index (χ0v) is 15.2. The maximum absolute atomic E-state index is 13.2. The second-order valence-corrected chi connectivity index (χ2v) is 8.49. The van der Waals surface area contributed by atoms with E-state index in [0.29, 0.717) is 9.37 Å². The summed E-state index contributed by atoms with van der Waals surface area (Å²) in [4.78, 5) is 0.333. The predicted molar refractivity (Wildman–Crippen MR) is 92.9 cm³/mol. The summed E-state index contributed by atoms with van der Waals surface area (Å²) in [6.45, 7) is 5.86. The number of fused-ring (bicyclic) bond motifs is 1. The molecule has 0 N–H and O–H groups in total. The van der Waals surface area contributed by atoms with Crippen LogP contribution in [0.2, 0.25) is 0 Å². The summed E-state index contributed by atoms with van der Waals surface area (Å²) in [6, 6.07) is 11.3. The number of sulfonamides is 1. The summed E-state index contributed by atoms with van der Waals surface area (Å²) in [5.74, 6) is 0. The lowest BCUT2D eigenvalue weighted by atomic mass is 10.1. The van der Waals surface area contributed by atoms with Gasteiger partial charge in [-0.1, -0.05) is 18.2 Å². The van der Waals surface area contributed by atoms with Gasteiger partial charge in [0.1, 0.15) is 4.90 Å².